The number of anilines is 1. The molecule has 3 N–H and O–H groups in total. The van der Waals surface area contributed by atoms with Crippen LogP contribution < -0.4 is 5.32 Å². The van der Waals surface area contributed by atoms with E-state index in [4.69, 9.17) is 0 Å². The molecule has 6 heteroatoms. The Morgan fingerprint density at radius 2 is 1.95 bits per heavy atom. The zero-order valence-corrected chi connectivity index (χ0v) is 12.5. The van der Waals surface area contributed by atoms with Gasteiger partial charge >= 0.3 is 5.97 Å². The molecule has 114 valence electrons. The van der Waals surface area contributed by atoms with Crippen LogP contribution in [-0.2, 0) is 6.42 Å². The van der Waals surface area contributed by atoms with Crippen molar-refractivity contribution in [2.75, 3.05) is 5.32 Å². The van der Waals surface area contributed by atoms with Crippen LogP contribution in [0.5, 0.6) is 0 Å². The molecule has 3 rings (SSSR count). The normalized spacial score (nSPS) is 16.9. The Morgan fingerprint density at radius 1 is 1.23 bits per heavy atom. The minimum absolute atomic E-state index is 0.114. The monoisotopic (exact) mass is 317 g/mol. The van der Waals surface area contributed by atoms with E-state index >= 15 is 0 Å². The lowest BCUT2D eigenvalue weighted by molar-refractivity contribution is 0.0696. The fourth-order valence-corrected chi connectivity index (χ4v) is 3.94. The molecule has 0 spiro atoms. The molecule has 1 unspecified atom stereocenters. The molecule has 1 atom stereocenters. The molecule has 1 aliphatic rings. The Bertz CT molecular complexity index is 723. The minimum atomic E-state index is -1.07. The average molecular weight is 317 g/mol. The first-order valence-corrected chi connectivity index (χ1v) is 7.83. The smallest absolute Gasteiger partial charge is 0.339 e. The van der Waals surface area contributed by atoms with Gasteiger partial charge in [-0.3, -0.25) is 4.79 Å². The van der Waals surface area contributed by atoms with Crippen molar-refractivity contribution in [1.29, 1.82) is 0 Å². The van der Waals surface area contributed by atoms with Crippen LogP contribution in [-0.4, -0.2) is 22.1 Å². The van der Waals surface area contributed by atoms with Crippen LogP contribution in [0.1, 0.15) is 50.1 Å². The first-order valence-electron chi connectivity index (χ1n) is 7.01. The summed E-state index contributed by atoms with van der Waals surface area (Å²) < 4.78 is 0. The molecule has 2 aromatic rings. The molecule has 0 bridgehead atoms. The zero-order valence-electron chi connectivity index (χ0n) is 11.7. The number of fused-ring (bicyclic) bond motifs is 1. The molecule has 22 heavy (non-hydrogen) atoms. The molecule has 1 aliphatic carbocycles. The summed E-state index contributed by atoms with van der Waals surface area (Å²) in [4.78, 5) is 24.4. The summed E-state index contributed by atoms with van der Waals surface area (Å²) in [5.41, 5.74) is 1.23. The summed E-state index contributed by atoms with van der Waals surface area (Å²) >= 11 is 1.16. The first-order chi connectivity index (χ1) is 10.6. The molecule has 5 nitrogen and oxygen atoms in total. The second-order valence-electron chi connectivity index (χ2n) is 5.18. The van der Waals surface area contributed by atoms with Gasteiger partial charge in [0, 0.05) is 10.4 Å². The van der Waals surface area contributed by atoms with Crippen LogP contribution in [0.15, 0.2) is 30.3 Å². The second kappa shape index (κ2) is 5.90. The predicted octanol–water partition coefficient (Wildman–Crippen LogP) is 3.07. The molecule has 0 fully saturated rings. The standard InChI is InChI=1S/C16H15NO4S/c18-11-8-4-7-10-12(16(20)21)15(22-13(10)11)17-14(19)9-5-2-1-3-6-9/h1-3,5-6,11,18H,4,7-8H2,(H,17,19)(H,20,21). The first kappa shape index (κ1) is 14.7. The highest BCUT2D eigenvalue weighted by Gasteiger charge is 2.30. The number of carboxylic acid groups (broad SMARTS) is 1. The summed E-state index contributed by atoms with van der Waals surface area (Å²) in [6.07, 6.45) is 1.34. The van der Waals surface area contributed by atoms with Gasteiger partial charge in [-0.05, 0) is 37.0 Å². The molecule has 0 radical (unpaired) electrons. The number of carbonyl (C=O) groups is 2. The molecule has 1 aromatic carbocycles. The Morgan fingerprint density at radius 3 is 2.64 bits per heavy atom. The van der Waals surface area contributed by atoms with Crippen molar-refractivity contribution in [3.8, 4) is 0 Å². The summed E-state index contributed by atoms with van der Waals surface area (Å²) in [6.45, 7) is 0. The number of nitrogens with one attached hydrogen (secondary N) is 1. The largest absolute Gasteiger partial charge is 0.478 e. The van der Waals surface area contributed by atoms with E-state index in [0.717, 1.165) is 17.8 Å². The van der Waals surface area contributed by atoms with Crippen molar-refractivity contribution >= 4 is 28.2 Å². The van der Waals surface area contributed by atoms with Gasteiger partial charge in [-0.25, -0.2) is 4.79 Å². The lowest BCUT2D eigenvalue weighted by Crippen LogP contribution is -2.14. The van der Waals surface area contributed by atoms with Crippen molar-refractivity contribution in [3.63, 3.8) is 0 Å². The van der Waals surface area contributed by atoms with Gasteiger partial charge in [0.25, 0.3) is 5.91 Å². The third-order valence-corrected chi connectivity index (χ3v) is 4.97. The number of aliphatic hydroxyl groups excluding tert-OH is 1. The number of carboxylic acids is 1. The van der Waals surface area contributed by atoms with Gasteiger partial charge in [-0.1, -0.05) is 18.2 Å². The molecule has 0 saturated carbocycles. The third kappa shape index (κ3) is 2.63. The number of thiophene rings is 1. The summed E-state index contributed by atoms with van der Waals surface area (Å²) in [5, 5.41) is 22.5. The fourth-order valence-electron chi connectivity index (χ4n) is 2.68. The number of aliphatic hydroxyl groups is 1. The van der Waals surface area contributed by atoms with Gasteiger partial charge in [0.1, 0.15) is 5.00 Å². The lowest BCUT2D eigenvalue weighted by atomic mass is 9.93. The van der Waals surface area contributed by atoms with Crippen LogP contribution in [0.4, 0.5) is 5.00 Å². The molecule has 1 aromatic heterocycles. The zero-order chi connectivity index (χ0) is 15.7. The number of hydrogen-bond donors (Lipinski definition) is 3. The van der Waals surface area contributed by atoms with Crippen LogP contribution in [0.25, 0.3) is 0 Å². The lowest BCUT2D eigenvalue weighted by Gasteiger charge is -2.17. The Kier molecular flexibility index (Phi) is 3.96. The molecule has 1 amide bonds. The van der Waals surface area contributed by atoms with E-state index in [9.17, 15) is 19.8 Å². The van der Waals surface area contributed by atoms with Crippen molar-refractivity contribution < 1.29 is 19.8 Å². The van der Waals surface area contributed by atoms with E-state index in [1.165, 1.54) is 0 Å². The van der Waals surface area contributed by atoms with Crippen LogP contribution in [0, 0.1) is 0 Å². The molecular weight excluding hydrogens is 302 g/mol. The number of hydrogen-bond acceptors (Lipinski definition) is 4. The molecule has 0 aliphatic heterocycles. The summed E-state index contributed by atoms with van der Waals surface area (Å²) in [6, 6.07) is 8.63. The van der Waals surface area contributed by atoms with Gasteiger partial charge in [-0.15, -0.1) is 11.3 Å². The maximum atomic E-state index is 12.2. The van der Waals surface area contributed by atoms with E-state index in [0.29, 0.717) is 33.8 Å². The average Bonchev–Trinajstić information content (AvgIpc) is 2.87. The number of amides is 1. The van der Waals surface area contributed by atoms with Gasteiger partial charge in [0.15, 0.2) is 0 Å². The van der Waals surface area contributed by atoms with Gasteiger partial charge in [0.05, 0.1) is 11.7 Å². The van der Waals surface area contributed by atoms with Gasteiger partial charge in [0.2, 0.25) is 0 Å². The maximum Gasteiger partial charge on any atom is 0.339 e. The van der Waals surface area contributed by atoms with E-state index < -0.39 is 12.1 Å². The molecular formula is C16H15NO4S. The Balaban J connectivity index is 1.97. The third-order valence-electron chi connectivity index (χ3n) is 3.72. The maximum absolute atomic E-state index is 12.2. The summed E-state index contributed by atoms with van der Waals surface area (Å²) in [7, 11) is 0. The number of benzene rings is 1. The highest BCUT2D eigenvalue weighted by atomic mass is 32.1. The van der Waals surface area contributed by atoms with E-state index in [1.807, 2.05) is 0 Å². The quantitative estimate of drug-likeness (QED) is 0.812. The van der Waals surface area contributed by atoms with Gasteiger partial charge < -0.3 is 15.5 Å². The highest BCUT2D eigenvalue weighted by molar-refractivity contribution is 7.17. The fraction of sp³-hybridized carbons (Fsp3) is 0.250. The predicted molar refractivity (Wildman–Crippen MR) is 83.6 cm³/mol. The number of aromatic carboxylic acids is 1. The van der Waals surface area contributed by atoms with Crippen molar-refractivity contribution in [1.82, 2.24) is 0 Å². The topological polar surface area (TPSA) is 86.6 Å². The Labute approximate surface area is 131 Å². The number of rotatable bonds is 3. The van der Waals surface area contributed by atoms with Crippen molar-refractivity contribution in [2.24, 2.45) is 0 Å². The van der Waals surface area contributed by atoms with Crippen LogP contribution in [0.2, 0.25) is 0 Å². The van der Waals surface area contributed by atoms with E-state index in [1.54, 1.807) is 30.3 Å². The van der Waals surface area contributed by atoms with Crippen LogP contribution in [0.3, 0.4) is 0 Å². The second-order valence-corrected chi connectivity index (χ2v) is 6.23. The van der Waals surface area contributed by atoms with Crippen molar-refractivity contribution in [2.45, 2.75) is 25.4 Å². The van der Waals surface area contributed by atoms with Crippen molar-refractivity contribution in [3.05, 3.63) is 51.9 Å². The SMILES string of the molecule is O=C(Nc1sc2c(c1C(=O)O)CCCC2O)c1ccccc1. The van der Waals surface area contributed by atoms with Gasteiger partial charge in [-0.2, -0.15) is 0 Å². The molecule has 1 heterocycles. The van der Waals surface area contributed by atoms with E-state index in [-0.39, 0.29) is 11.5 Å². The Hall–Kier alpha value is -2.18. The summed E-state index contributed by atoms with van der Waals surface area (Å²) in [5.74, 6) is -1.42. The van der Waals surface area contributed by atoms with Crippen LogP contribution >= 0.6 is 11.3 Å². The highest BCUT2D eigenvalue weighted by Crippen LogP contribution is 2.42. The number of carbonyl (C=O) groups excluding carboxylic acids is 1. The molecule has 0 saturated heterocycles. The van der Waals surface area contributed by atoms with E-state index in [2.05, 4.69) is 5.32 Å². The minimum Gasteiger partial charge on any atom is -0.478 e.